The second kappa shape index (κ2) is 5.69. The third kappa shape index (κ3) is 3.11. The van der Waals surface area contributed by atoms with E-state index in [0.29, 0.717) is 6.04 Å². The molecule has 1 aliphatic rings. The van der Waals surface area contributed by atoms with Gasteiger partial charge in [0.15, 0.2) is 0 Å². The lowest BCUT2D eigenvalue weighted by Crippen LogP contribution is -2.40. The Morgan fingerprint density at radius 1 is 1.53 bits per heavy atom. The monoisotopic (exact) mass is 236 g/mol. The SMILES string of the molecule is CNCC1CCCN(C(C)c2ccc(C)o2)C1. The maximum atomic E-state index is 5.74. The van der Waals surface area contributed by atoms with Crippen LogP contribution in [0, 0.1) is 12.8 Å². The summed E-state index contributed by atoms with van der Waals surface area (Å²) in [4.78, 5) is 2.55. The molecular formula is C14H24N2O. The molecule has 2 atom stereocenters. The van der Waals surface area contributed by atoms with Gasteiger partial charge in [-0.05, 0) is 64.9 Å². The lowest BCUT2D eigenvalue weighted by atomic mass is 9.96. The largest absolute Gasteiger partial charge is 0.465 e. The Balaban J connectivity index is 1.97. The number of rotatable bonds is 4. The van der Waals surface area contributed by atoms with Crippen LogP contribution in [-0.4, -0.2) is 31.6 Å². The molecule has 0 saturated carbocycles. The number of nitrogens with one attached hydrogen (secondary N) is 1. The van der Waals surface area contributed by atoms with E-state index in [4.69, 9.17) is 4.42 Å². The molecule has 1 N–H and O–H groups in total. The molecule has 2 heterocycles. The molecule has 17 heavy (non-hydrogen) atoms. The van der Waals surface area contributed by atoms with Crippen LogP contribution in [-0.2, 0) is 0 Å². The summed E-state index contributed by atoms with van der Waals surface area (Å²) in [6, 6.07) is 4.58. The Morgan fingerprint density at radius 3 is 3.00 bits per heavy atom. The molecule has 0 aliphatic carbocycles. The Bertz CT molecular complexity index is 346. The van der Waals surface area contributed by atoms with Crippen LogP contribution in [0.5, 0.6) is 0 Å². The first-order chi connectivity index (χ1) is 8.20. The van der Waals surface area contributed by atoms with Crippen molar-refractivity contribution in [2.75, 3.05) is 26.7 Å². The summed E-state index contributed by atoms with van der Waals surface area (Å²) in [5, 5.41) is 3.29. The maximum absolute atomic E-state index is 5.74. The zero-order valence-electron chi connectivity index (χ0n) is 11.2. The first kappa shape index (κ1) is 12.7. The van der Waals surface area contributed by atoms with Gasteiger partial charge in [0.1, 0.15) is 11.5 Å². The van der Waals surface area contributed by atoms with E-state index in [1.54, 1.807) is 0 Å². The minimum atomic E-state index is 0.406. The van der Waals surface area contributed by atoms with Crippen molar-refractivity contribution in [1.82, 2.24) is 10.2 Å². The topological polar surface area (TPSA) is 28.4 Å². The average molecular weight is 236 g/mol. The summed E-state index contributed by atoms with van der Waals surface area (Å²) in [6.45, 7) is 7.76. The number of nitrogens with zero attached hydrogens (tertiary/aromatic N) is 1. The van der Waals surface area contributed by atoms with Crippen LogP contribution in [0.25, 0.3) is 0 Å². The van der Waals surface area contributed by atoms with Crippen molar-refractivity contribution in [2.24, 2.45) is 5.92 Å². The fourth-order valence-electron chi connectivity index (χ4n) is 2.76. The van der Waals surface area contributed by atoms with E-state index in [2.05, 4.69) is 29.3 Å². The van der Waals surface area contributed by atoms with Gasteiger partial charge in [0.05, 0.1) is 6.04 Å². The number of hydrogen-bond acceptors (Lipinski definition) is 3. The minimum Gasteiger partial charge on any atom is -0.465 e. The van der Waals surface area contributed by atoms with Crippen LogP contribution in [0.2, 0.25) is 0 Å². The molecule has 1 saturated heterocycles. The Morgan fingerprint density at radius 2 is 2.35 bits per heavy atom. The predicted molar refractivity (Wildman–Crippen MR) is 70.1 cm³/mol. The van der Waals surface area contributed by atoms with Gasteiger partial charge in [-0.3, -0.25) is 4.90 Å². The third-order valence-electron chi connectivity index (χ3n) is 3.76. The van der Waals surface area contributed by atoms with E-state index in [9.17, 15) is 0 Å². The van der Waals surface area contributed by atoms with Gasteiger partial charge < -0.3 is 9.73 Å². The predicted octanol–water partition coefficient (Wildman–Crippen LogP) is 2.58. The van der Waals surface area contributed by atoms with Crippen LogP contribution < -0.4 is 5.32 Å². The molecule has 2 unspecified atom stereocenters. The number of piperidine rings is 1. The lowest BCUT2D eigenvalue weighted by molar-refractivity contribution is 0.118. The summed E-state index contributed by atoms with van der Waals surface area (Å²) in [7, 11) is 2.04. The average Bonchev–Trinajstić information content (AvgIpc) is 2.76. The van der Waals surface area contributed by atoms with Crippen molar-refractivity contribution in [1.29, 1.82) is 0 Å². The van der Waals surface area contributed by atoms with E-state index in [0.717, 1.165) is 24.0 Å². The molecule has 2 rings (SSSR count). The zero-order chi connectivity index (χ0) is 12.3. The molecule has 0 amide bonds. The minimum absolute atomic E-state index is 0.406. The third-order valence-corrected chi connectivity index (χ3v) is 3.76. The molecule has 1 fully saturated rings. The van der Waals surface area contributed by atoms with Crippen LogP contribution in [0.15, 0.2) is 16.5 Å². The number of aryl methyl sites for hydroxylation is 1. The Labute approximate surface area is 104 Å². The second-order valence-corrected chi connectivity index (χ2v) is 5.19. The van der Waals surface area contributed by atoms with E-state index in [-0.39, 0.29) is 0 Å². The number of likely N-dealkylation sites (tertiary alicyclic amines) is 1. The highest BCUT2D eigenvalue weighted by atomic mass is 16.3. The molecule has 3 nitrogen and oxygen atoms in total. The van der Waals surface area contributed by atoms with Gasteiger partial charge in [0, 0.05) is 6.54 Å². The van der Waals surface area contributed by atoms with Crippen LogP contribution in [0.1, 0.15) is 37.3 Å². The highest BCUT2D eigenvalue weighted by Crippen LogP contribution is 2.27. The maximum Gasteiger partial charge on any atom is 0.121 e. The molecule has 1 aromatic rings. The summed E-state index contributed by atoms with van der Waals surface area (Å²) in [5.41, 5.74) is 0. The first-order valence-electron chi connectivity index (χ1n) is 6.65. The van der Waals surface area contributed by atoms with E-state index >= 15 is 0 Å². The molecule has 3 heteroatoms. The van der Waals surface area contributed by atoms with Gasteiger partial charge in [-0.15, -0.1) is 0 Å². The number of furan rings is 1. The Hall–Kier alpha value is -0.800. The smallest absolute Gasteiger partial charge is 0.121 e. The molecule has 96 valence electrons. The van der Waals surface area contributed by atoms with E-state index in [1.165, 1.54) is 25.9 Å². The van der Waals surface area contributed by atoms with E-state index in [1.807, 2.05) is 14.0 Å². The van der Waals surface area contributed by atoms with Gasteiger partial charge in [-0.25, -0.2) is 0 Å². The molecule has 0 radical (unpaired) electrons. The van der Waals surface area contributed by atoms with Gasteiger partial charge in [-0.2, -0.15) is 0 Å². The van der Waals surface area contributed by atoms with Crippen LogP contribution in [0.3, 0.4) is 0 Å². The van der Waals surface area contributed by atoms with Gasteiger partial charge in [0.25, 0.3) is 0 Å². The van der Waals surface area contributed by atoms with Crippen LogP contribution >= 0.6 is 0 Å². The van der Waals surface area contributed by atoms with Crippen molar-refractivity contribution in [3.8, 4) is 0 Å². The molecule has 0 spiro atoms. The highest BCUT2D eigenvalue weighted by Gasteiger charge is 2.25. The molecule has 1 aliphatic heterocycles. The zero-order valence-corrected chi connectivity index (χ0v) is 11.2. The van der Waals surface area contributed by atoms with E-state index < -0.39 is 0 Å². The standard InChI is InChI=1S/C14H24N2O/c1-11-6-7-14(17-11)12(2)16-8-4-5-13(10-16)9-15-3/h6-7,12-13,15H,4-5,8-10H2,1-3H3. The molecule has 0 aromatic carbocycles. The number of hydrogen-bond donors (Lipinski definition) is 1. The summed E-state index contributed by atoms with van der Waals surface area (Å²) in [5.74, 6) is 2.90. The van der Waals surface area contributed by atoms with Crippen molar-refractivity contribution in [3.05, 3.63) is 23.7 Å². The van der Waals surface area contributed by atoms with Crippen molar-refractivity contribution in [3.63, 3.8) is 0 Å². The summed E-state index contributed by atoms with van der Waals surface area (Å²) < 4.78 is 5.74. The van der Waals surface area contributed by atoms with Gasteiger partial charge >= 0.3 is 0 Å². The second-order valence-electron chi connectivity index (χ2n) is 5.19. The molecule has 1 aromatic heterocycles. The highest BCUT2D eigenvalue weighted by molar-refractivity contribution is 5.09. The fraction of sp³-hybridized carbons (Fsp3) is 0.714. The van der Waals surface area contributed by atoms with Crippen molar-refractivity contribution in [2.45, 2.75) is 32.7 Å². The van der Waals surface area contributed by atoms with Crippen LogP contribution in [0.4, 0.5) is 0 Å². The quantitative estimate of drug-likeness (QED) is 0.871. The molecule has 0 bridgehead atoms. The van der Waals surface area contributed by atoms with Crippen molar-refractivity contribution < 1.29 is 4.42 Å². The normalized spacial score (nSPS) is 23.8. The summed E-state index contributed by atoms with van der Waals surface area (Å²) >= 11 is 0. The van der Waals surface area contributed by atoms with Gasteiger partial charge in [-0.1, -0.05) is 0 Å². The fourth-order valence-corrected chi connectivity index (χ4v) is 2.76. The lowest BCUT2D eigenvalue weighted by Gasteiger charge is -2.36. The summed E-state index contributed by atoms with van der Waals surface area (Å²) in [6.07, 6.45) is 2.65. The first-order valence-corrected chi connectivity index (χ1v) is 6.65. The Kier molecular flexibility index (Phi) is 4.24. The molecular weight excluding hydrogens is 212 g/mol. The van der Waals surface area contributed by atoms with Crippen molar-refractivity contribution >= 4 is 0 Å². The van der Waals surface area contributed by atoms with Gasteiger partial charge in [0.2, 0.25) is 0 Å².